The standard InChI is InChI=1S/C22H38O6S2.2Na/c23-29(24,25)21-19-17-15-13-11-9-7-5-3-1-2-4-6-8-10-12-14-16-18-20-22-30(26,27)28;;/h5-22H2,(H,23,24,25)(H,26,27,28);;/q;2*+1/p-2. The molecule has 0 unspecified atom stereocenters. The van der Waals surface area contributed by atoms with Gasteiger partial charge in [0.15, 0.2) is 0 Å². The molecule has 174 valence electrons. The Labute approximate surface area is 240 Å². The summed E-state index contributed by atoms with van der Waals surface area (Å²) >= 11 is 0. The average Bonchev–Trinajstić information content (AvgIpc) is 2.64. The largest absolute Gasteiger partial charge is 1.00 e. The maximum atomic E-state index is 10.5. The van der Waals surface area contributed by atoms with Crippen molar-refractivity contribution in [1.29, 1.82) is 0 Å². The van der Waals surface area contributed by atoms with Crippen molar-refractivity contribution in [2.75, 3.05) is 11.5 Å². The van der Waals surface area contributed by atoms with Crippen molar-refractivity contribution in [3.05, 3.63) is 0 Å². The summed E-state index contributed by atoms with van der Waals surface area (Å²) < 4.78 is 62.7. The van der Waals surface area contributed by atoms with Gasteiger partial charge in [0.2, 0.25) is 0 Å². The van der Waals surface area contributed by atoms with Gasteiger partial charge in [0.25, 0.3) is 0 Å². The minimum Gasteiger partial charge on any atom is -0.748 e. The van der Waals surface area contributed by atoms with Crippen LogP contribution in [-0.4, -0.2) is 37.4 Å². The molecule has 0 fully saturated rings. The number of hydrogen-bond acceptors (Lipinski definition) is 6. The fraction of sp³-hybridized carbons (Fsp3) is 0.818. The van der Waals surface area contributed by atoms with E-state index in [1.54, 1.807) is 0 Å². The Hall–Kier alpha value is 0.940. The van der Waals surface area contributed by atoms with Gasteiger partial charge in [0.1, 0.15) is 0 Å². The molecule has 0 aliphatic rings. The van der Waals surface area contributed by atoms with Gasteiger partial charge in [-0.15, -0.1) is 0 Å². The first kappa shape index (κ1) is 37.5. The van der Waals surface area contributed by atoms with Crippen LogP contribution in [0.1, 0.15) is 103 Å². The van der Waals surface area contributed by atoms with E-state index in [9.17, 15) is 25.9 Å². The molecule has 0 aliphatic heterocycles. The molecule has 0 bridgehead atoms. The van der Waals surface area contributed by atoms with Gasteiger partial charge in [-0.2, -0.15) is 0 Å². The molecule has 0 aromatic heterocycles. The Kier molecular flexibility index (Phi) is 29.3. The van der Waals surface area contributed by atoms with E-state index in [2.05, 4.69) is 23.7 Å². The molecule has 0 rings (SSSR count). The molecule has 0 aliphatic carbocycles. The quantitative estimate of drug-likeness (QED) is 0.0951. The number of unbranched alkanes of at least 4 members (excludes halogenated alkanes) is 14. The summed E-state index contributed by atoms with van der Waals surface area (Å²) in [6.07, 6.45) is 14.8. The zero-order valence-electron chi connectivity index (χ0n) is 20.0. The van der Waals surface area contributed by atoms with Gasteiger partial charge in [0, 0.05) is 24.3 Å². The monoisotopic (exact) mass is 506 g/mol. The summed E-state index contributed by atoms with van der Waals surface area (Å²) in [5, 5.41) is 0. The maximum absolute atomic E-state index is 10.5. The molecule has 0 spiro atoms. The molecule has 0 radical (unpaired) electrons. The van der Waals surface area contributed by atoms with Crippen molar-refractivity contribution in [2.24, 2.45) is 0 Å². The molecule has 0 N–H and O–H groups in total. The van der Waals surface area contributed by atoms with E-state index in [1.807, 2.05) is 0 Å². The third-order valence-corrected chi connectivity index (χ3v) is 6.21. The SMILES string of the molecule is O=S(=O)([O-])CCCCCCCCCC#CC#CCCCCCCCCCS(=O)(=O)[O-].[Na+].[Na+]. The van der Waals surface area contributed by atoms with Gasteiger partial charge in [-0.3, -0.25) is 0 Å². The second-order valence-electron chi connectivity index (χ2n) is 7.58. The predicted molar refractivity (Wildman–Crippen MR) is 119 cm³/mol. The third-order valence-electron chi connectivity index (χ3n) is 4.63. The van der Waals surface area contributed by atoms with Gasteiger partial charge in [-0.25, -0.2) is 16.8 Å². The molecule has 0 saturated carbocycles. The van der Waals surface area contributed by atoms with E-state index in [0.29, 0.717) is 12.8 Å². The molecular weight excluding hydrogens is 470 g/mol. The Morgan fingerprint density at radius 3 is 0.969 bits per heavy atom. The van der Waals surface area contributed by atoms with Crippen LogP contribution in [0.15, 0.2) is 0 Å². The van der Waals surface area contributed by atoms with Crippen molar-refractivity contribution in [1.82, 2.24) is 0 Å². The van der Waals surface area contributed by atoms with Crippen LogP contribution in [-0.2, 0) is 20.2 Å². The molecule has 0 amide bonds. The molecule has 10 heteroatoms. The summed E-state index contributed by atoms with van der Waals surface area (Å²) in [4.78, 5) is 0. The molecule has 6 nitrogen and oxygen atoms in total. The minimum absolute atomic E-state index is 0. The van der Waals surface area contributed by atoms with Crippen LogP contribution in [0, 0.1) is 23.7 Å². The second kappa shape index (κ2) is 25.0. The first-order valence-electron chi connectivity index (χ1n) is 11.0. The van der Waals surface area contributed by atoms with Gasteiger partial charge >= 0.3 is 59.1 Å². The topological polar surface area (TPSA) is 114 Å². The van der Waals surface area contributed by atoms with Crippen molar-refractivity contribution in [2.45, 2.75) is 103 Å². The van der Waals surface area contributed by atoms with Crippen LogP contribution in [0.2, 0.25) is 0 Å². The summed E-state index contributed by atoms with van der Waals surface area (Å²) in [6, 6.07) is 0. The van der Waals surface area contributed by atoms with E-state index in [4.69, 9.17) is 0 Å². The smallest absolute Gasteiger partial charge is 0.748 e. The fourth-order valence-electron chi connectivity index (χ4n) is 2.97. The zero-order valence-corrected chi connectivity index (χ0v) is 25.6. The summed E-state index contributed by atoms with van der Waals surface area (Å²) in [5.41, 5.74) is 0. The van der Waals surface area contributed by atoms with Crippen molar-refractivity contribution in [3.8, 4) is 23.7 Å². The van der Waals surface area contributed by atoms with E-state index in [1.165, 1.54) is 0 Å². The summed E-state index contributed by atoms with van der Waals surface area (Å²) in [6.45, 7) is 0. The first-order valence-corrected chi connectivity index (χ1v) is 14.2. The van der Waals surface area contributed by atoms with Crippen LogP contribution in [0.4, 0.5) is 0 Å². The molecular formula is C22H36Na2O6S2. The third kappa shape index (κ3) is 35.5. The van der Waals surface area contributed by atoms with E-state index in [-0.39, 0.29) is 70.6 Å². The predicted octanol–water partition coefficient (Wildman–Crippen LogP) is -1.67. The summed E-state index contributed by atoms with van der Waals surface area (Å²) in [7, 11) is -8.11. The number of hydrogen-bond donors (Lipinski definition) is 0. The molecule has 32 heavy (non-hydrogen) atoms. The maximum Gasteiger partial charge on any atom is 1.00 e. The van der Waals surface area contributed by atoms with Gasteiger partial charge in [0.05, 0.1) is 20.2 Å². The average molecular weight is 507 g/mol. The molecule has 0 heterocycles. The molecule has 0 aromatic carbocycles. The Morgan fingerprint density at radius 1 is 0.438 bits per heavy atom. The van der Waals surface area contributed by atoms with Crippen LogP contribution >= 0.6 is 0 Å². The van der Waals surface area contributed by atoms with Crippen molar-refractivity contribution >= 4 is 20.2 Å². The van der Waals surface area contributed by atoms with E-state index in [0.717, 1.165) is 89.9 Å². The van der Waals surface area contributed by atoms with Crippen LogP contribution in [0.25, 0.3) is 0 Å². The Bertz CT molecular complexity index is 694. The Morgan fingerprint density at radius 2 is 0.688 bits per heavy atom. The van der Waals surface area contributed by atoms with Crippen molar-refractivity contribution < 1.29 is 85.1 Å². The first-order chi connectivity index (χ1) is 14.2. The van der Waals surface area contributed by atoms with Crippen LogP contribution in [0.3, 0.4) is 0 Å². The molecule has 0 aromatic rings. The van der Waals surface area contributed by atoms with Crippen LogP contribution < -0.4 is 59.1 Å². The normalized spacial score (nSPS) is 10.7. The Balaban J connectivity index is -0.00000420. The fourth-order valence-corrected chi connectivity index (χ4v) is 4.08. The minimum atomic E-state index is -4.05. The van der Waals surface area contributed by atoms with E-state index < -0.39 is 20.2 Å². The zero-order chi connectivity index (χ0) is 22.6. The second-order valence-corrected chi connectivity index (χ2v) is 10.6. The van der Waals surface area contributed by atoms with Gasteiger partial charge in [-0.05, 0) is 37.5 Å². The van der Waals surface area contributed by atoms with Crippen molar-refractivity contribution in [3.63, 3.8) is 0 Å². The molecule has 0 saturated heterocycles. The molecule has 0 atom stereocenters. The van der Waals surface area contributed by atoms with Gasteiger partial charge < -0.3 is 9.11 Å². The summed E-state index contributed by atoms with van der Waals surface area (Å²) in [5.74, 6) is 11.4. The number of rotatable bonds is 18. The van der Waals surface area contributed by atoms with Crippen LogP contribution in [0.5, 0.6) is 0 Å². The van der Waals surface area contributed by atoms with Gasteiger partial charge in [-0.1, -0.05) is 76.0 Å². The van der Waals surface area contributed by atoms with E-state index >= 15 is 0 Å².